The van der Waals surface area contributed by atoms with Gasteiger partial charge in [-0.05, 0) is 56.5 Å². The first-order valence-electron chi connectivity index (χ1n) is 8.40. The molecule has 0 amide bonds. The van der Waals surface area contributed by atoms with Crippen molar-refractivity contribution in [2.24, 2.45) is 0 Å². The Morgan fingerprint density at radius 1 is 1.09 bits per heavy atom. The van der Waals surface area contributed by atoms with Crippen molar-refractivity contribution in [3.8, 4) is 0 Å². The number of hydrogen-bond donors (Lipinski definition) is 0. The largest absolute Gasteiger partial charge is 0.278 e. The lowest BCUT2D eigenvalue weighted by Crippen LogP contribution is -2.15. The van der Waals surface area contributed by atoms with E-state index in [9.17, 15) is 4.79 Å². The molecule has 124 valence electrons. The molecule has 0 N–H and O–H groups in total. The van der Waals surface area contributed by atoms with Gasteiger partial charge in [0.25, 0.3) is 5.91 Å². The van der Waals surface area contributed by atoms with E-state index in [1.54, 1.807) is 24.3 Å². The summed E-state index contributed by atoms with van der Waals surface area (Å²) in [6.07, 6.45) is 7.23. The maximum atomic E-state index is 12.6. The van der Waals surface area contributed by atoms with E-state index in [2.05, 4.69) is 12.0 Å². The van der Waals surface area contributed by atoms with Gasteiger partial charge >= 0.3 is 0 Å². The van der Waals surface area contributed by atoms with Crippen LogP contribution in [0.5, 0.6) is 0 Å². The normalized spacial score (nSPS) is 11.0. The Balaban J connectivity index is 2.10. The molecule has 0 fully saturated rings. The summed E-state index contributed by atoms with van der Waals surface area (Å²) >= 11 is 5.88. The third-order valence-electron chi connectivity index (χ3n) is 4.26. The highest BCUT2D eigenvalue weighted by Gasteiger charge is 2.17. The summed E-state index contributed by atoms with van der Waals surface area (Å²) in [5.41, 5.74) is 3.73. The fraction of sp³-hybridized carbons (Fsp3) is 0.474. The van der Waals surface area contributed by atoms with E-state index in [4.69, 9.17) is 11.6 Å². The molecule has 0 aliphatic rings. The van der Waals surface area contributed by atoms with E-state index in [0.717, 1.165) is 24.2 Å². The molecule has 2 rings (SSSR count). The molecule has 1 aromatic carbocycles. The van der Waals surface area contributed by atoms with Gasteiger partial charge < -0.3 is 0 Å². The van der Waals surface area contributed by atoms with Gasteiger partial charge in [-0.25, -0.2) is 4.68 Å². The Bertz CT molecular complexity index is 659. The summed E-state index contributed by atoms with van der Waals surface area (Å²) in [4.78, 5) is 12.6. The molecule has 0 saturated heterocycles. The number of carbonyl (C=O) groups is 1. The lowest BCUT2D eigenvalue weighted by atomic mass is 10.0. The van der Waals surface area contributed by atoms with Crippen LogP contribution in [0, 0.1) is 13.8 Å². The summed E-state index contributed by atoms with van der Waals surface area (Å²) in [5, 5.41) is 5.09. The van der Waals surface area contributed by atoms with Crippen LogP contribution >= 0.6 is 11.6 Å². The van der Waals surface area contributed by atoms with Crippen molar-refractivity contribution in [2.75, 3.05) is 0 Å². The zero-order valence-corrected chi connectivity index (χ0v) is 15.0. The predicted octanol–water partition coefficient (Wildman–Crippen LogP) is 5.35. The Morgan fingerprint density at radius 3 is 2.39 bits per heavy atom. The van der Waals surface area contributed by atoms with Gasteiger partial charge in [-0.2, -0.15) is 5.10 Å². The number of halogens is 1. The third kappa shape index (κ3) is 4.44. The predicted molar refractivity (Wildman–Crippen MR) is 95.3 cm³/mol. The zero-order valence-electron chi connectivity index (χ0n) is 14.2. The Kier molecular flexibility index (Phi) is 6.40. The summed E-state index contributed by atoms with van der Waals surface area (Å²) < 4.78 is 1.53. The van der Waals surface area contributed by atoms with Crippen molar-refractivity contribution in [1.82, 2.24) is 9.78 Å². The smallest absolute Gasteiger partial charge is 0.267 e. The van der Waals surface area contributed by atoms with Gasteiger partial charge in [-0.15, -0.1) is 0 Å². The maximum absolute atomic E-state index is 12.6. The van der Waals surface area contributed by atoms with E-state index in [-0.39, 0.29) is 5.91 Å². The molecular formula is C19H25ClN2O. The number of unbranched alkanes of at least 4 members (excludes halogenated alkanes) is 4. The first-order chi connectivity index (χ1) is 11.0. The lowest BCUT2D eigenvalue weighted by molar-refractivity contribution is 0.0942. The first kappa shape index (κ1) is 17.7. The second-order valence-electron chi connectivity index (χ2n) is 6.04. The minimum absolute atomic E-state index is 0.0977. The molecule has 23 heavy (non-hydrogen) atoms. The van der Waals surface area contributed by atoms with Crippen molar-refractivity contribution in [2.45, 2.75) is 59.3 Å². The van der Waals surface area contributed by atoms with Gasteiger partial charge in [-0.3, -0.25) is 4.79 Å². The molecule has 4 heteroatoms. The van der Waals surface area contributed by atoms with Crippen LogP contribution in [0.25, 0.3) is 0 Å². The van der Waals surface area contributed by atoms with Crippen LogP contribution in [0.15, 0.2) is 24.3 Å². The molecule has 0 aliphatic heterocycles. The second-order valence-corrected chi connectivity index (χ2v) is 6.47. The van der Waals surface area contributed by atoms with E-state index >= 15 is 0 Å². The van der Waals surface area contributed by atoms with Gasteiger partial charge in [0, 0.05) is 16.3 Å². The lowest BCUT2D eigenvalue weighted by Gasteiger charge is -2.05. The van der Waals surface area contributed by atoms with Crippen molar-refractivity contribution in [3.63, 3.8) is 0 Å². The number of hydrogen-bond acceptors (Lipinski definition) is 2. The van der Waals surface area contributed by atoms with Gasteiger partial charge in [0.05, 0.1) is 5.69 Å². The SMILES string of the molecule is CCCCCCCc1c(C)nn(C(=O)c2ccc(Cl)cc2)c1C. The maximum Gasteiger partial charge on any atom is 0.278 e. The van der Waals surface area contributed by atoms with E-state index in [1.165, 1.54) is 35.9 Å². The molecule has 0 radical (unpaired) electrons. The standard InChI is InChI=1S/C19H25ClN2O/c1-4-5-6-7-8-9-18-14(2)21-22(15(18)3)19(23)16-10-12-17(20)13-11-16/h10-13H,4-9H2,1-3H3. The number of benzene rings is 1. The molecule has 3 nitrogen and oxygen atoms in total. The minimum Gasteiger partial charge on any atom is -0.267 e. The molecule has 0 unspecified atom stereocenters. The number of nitrogens with zero attached hydrogens (tertiary/aromatic N) is 2. The highest BCUT2D eigenvalue weighted by molar-refractivity contribution is 6.30. The summed E-state index contributed by atoms with van der Waals surface area (Å²) in [6.45, 7) is 6.19. The van der Waals surface area contributed by atoms with Crippen LogP contribution < -0.4 is 0 Å². The van der Waals surface area contributed by atoms with Crippen molar-refractivity contribution in [1.29, 1.82) is 0 Å². The quantitative estimate of drug-likeness (QED) is 0.640. The molecule has 0 atom stereocenters. The summed E-state index contributed by atoms with van der Waals surface area (Å²) in [6, 6.07) is 6.95. The van der Waals surface area contributed by atoms with Gasteiger partial charge in [0.1, 0.15) is 0 Å². The van der Waals surface area contributed by atoms with Crippen LogP contribution in [-0.2, 0) is 6.42 Å². The Labute approximate surface area is 143 Å². The van der Waals surface area contributed by atoms with Gasteiger partial charge in [0.15, 0.2) is 0 Å². The van der Waals surface area contributed by atoms with Gasteiger partial charge in [-0.1, -0.05) is 44.2 Å². The van der Waals surface area contributed by atoms with Crippen LogP contribution in [0.1, 0.15) is 66.3 Å². The van der Waals surface area contributed by atoms with E-state index in [0.29, 0.717) is 10.6 Å². The monoisotopic (exact) mass is 332 g/mol. The fourth-order valence-electron chi connectivity index (χ4n) is 2.85. The van der Waals surface area contributed by atoms with Crippen molar-refractivity contribution < 1.29 is 4.79 Å². The van der Waals surface area contributed by atoms with E-state index < -0.39 is 0 Å². The topological polar surface area (TPSA) is 34.9 Å². The fourth-order valence-corrected chi connectivity index (χ4v) is 2.98. The molecular weight excluding hydrogens is 308 g/mol. The second kappa shape index (κ2) is 8.30. The molecule has 0 aliphatic carbocycles. The van der Waals surface area contributed by atoms with Crippen LogP contribution in [0.4, 0.5) is 0 Å². The zero-order chi connectivity index (χ0) is 16.8. The summed E-state index contributed by atoms with van der Waals surface area (Å²) in [7, 11) is 0. The average molecular weight is 333 g/mol. The van der Waals surface area contributed by atoms with Crippen molar-refractivity contribution >= 4 is 17.5 Å². The number of carbonyl (C=O) groups excluding carboxylic acids is 1. The van der Waals surface area contributed by atoms with Crippen LogP contribution in [0.2, 0.25) is 5.02 Å². The number of aryl methyl sites for hydroxylation is 1. The molecule has 0 saturated carbocycles. The van der Waals surface area contributed by atoms with Crippen molar-refractivity contribution in [3.05, 3.63) is 51.8 Å². The van der Waals surface area contributed by atoms with E-state index in [1.807, 2.05) is 13.8 Å². The first-order valence-corrected chi connectivity index (χ1v) is 8.77. The minimum atomic E-state index is -0.0977. The summed E-state index contributed by atoms with van der Waals surface area (Å²) in [5.74, 6) is -0.0977. The van der Waals surface area contributed by atoms with Crippen LogP contribution in [0.3, 0.4) is 0 Å². The highest BCUT2D eigenvalue weighted by Crippen LogP contribution is 2.19. The molecule has 0 spiro atoms. The van der Waals surface area contributed by atoms with Crippen LogP contribution in [-0.4, -0.2) is 15.7 Å². The molecule has 0 bridgehead atoms. The third-order valence-corrected chi connectivity index (χ3v) is 4.51. The Morgan fingerprint density at radius 2 is 1.74 bits per heavy atom. The van der Waals surface area contributed by atoms with Gasteiger partial charge in [0.2, 0.25) is 0 Å². The number of aromatic nitrogens is 2. The highest BCUT2D eigenvalue weighted by atomic mass is 35.5. The Hall–Kier alpha value is -1.61. The molecule has 1 aromatic heterocycles. The molecule has 1 heterocycles. The molecule has 2 aromatic rings. The number of rotatable bonds is 7. The average Bonchev–Trinajstić information content (AvgIpc) is 2.82.